The number of rotatable bonds is 5. The fourth-order valence-corrected chi connectivity index (χ4v) is 1.93. The van der Waals surface area contributed by atoms with E-state index < -0.39 is 11.9 Å². The number of hydrogen-bond donors (Lipinski definition) is 0. The van der Waals surface area contributed by atoms with E-state index in [2.05, 4.69) is 11.3 Å². The zero-order valence-corrected chi connectivity index (χ0v) is 9.25. The molecule has 1 rings (SSSR count). The van der Waals surface area contributed by atoms with Crippen molar-refractivity contribution in [2.24, 2.45) is 5.92 Å². The number of ketones is 1. The van der Waals surface area contributed by atoms with Crippen molar-refractivity contribution in [3.05, 3.63) is 35.0 Å². The van der Waals surface area contributed by atoms with Gasteiger partial charge in [0.05, 0.1) is 12.0 Å². The number of carbonyl (C=O) groups excluding carboxylic acids is 2. The molecule has 0 aromatic carbocycles. The molecule has 0 bridgehead atoms. The maximum atomic E-state index is 11.9. The Morgan fingerprint density at radius 3 is 2.87 bits per heavy atom. The summed E-state index contributed by atoms with van der Waals surface area (Å²) < 4.78 is 4.58. The van der Waals surface area contributed by atoms with E-state index in [1.165, 1.54) is 18.4 Å². The predicted octanol–water partition coefficient (Wildman–Crippen LogP) is 2.30. The number of Topliss-reactive ketones (excluding diaryl/α,β-unsaturated/α-hetero) is 1. The fourth-order valence-electron chi connectivity index (χ4n) is 1.21. The fraction of sp³-hybridized carbons (Fsp3) is 0.273. The van der Waals surface area contributed by atoms with Gasteiger partial charge in [-0.15, -0.1) is 17.9 Å². The van der Waals surface area contributed by atoms with E-state index in [0.717, 1.165) is 0 Å². The lowest BCUT2D eigenvalue weighted by Crippen LogP contribution is -2.24. The highest BCUT2D eigenvalue weighted by Crippen LogP contribution is 2.18. The van der Waals surface area contributed by atoms with Crippen molar-refractivity contribution in [2.75, 3.05) is 7.11 Å². The summed E-state index contributed by atoms with van der Waals surface area (Å²) in [5.74, 6) is -1.46. The zero-order valence-electron chi connectivity index (χ0n) is 8.43. The molecular formula is C11H12O3S. The van der Waals surface area contributed by atoms with Gasteiger partial charge in [-0.05, 0) is 17.9 Å². The summed E-state index contributed by atoms with van der Waals surface area (Å²) in [6.07, 6.45) is 1.86. The monoisotopic (exact) mass is 224 g/mol. The molecule has 0 saturated heterocycles. The van der Waals surface area contributed by atoms with Crippen molar-refractivity contribution in [1.29, 1.82) is 0 Å². The summed E-state index contributed by atoms with van der Waals surface area (Å²) in [5, 5.41) is 1.80. The van der Waals surface area contributed by atoms with Gasteiger partial charge in [-0.1, -0.05) is 12.1 Å². The summed E-state index contributed by atoms with van der Waals surface area (Å²) in [4.78, 5) is 23.8. The van der Waals surface area contributed by atoms with Gasteiger partial charge in [-0.25, -0.2) is 0 Å². The Morgan fingerprint density at radius 2 is 2.40 bits per heavy atom. The number of thiophene rings is 1. The number of hydrogen-bond acceptors (Lipinski definition) is 4. The molecule has 0 aliphatic rings. The zero-order chi connectivity index (χ0) is 11.3. The Hall–Kier alpha value is -1.42. The minimum Gasteiger partial charge on any atom is -0.468 e. The average Bonchev–Trinajstić information content (AvgIpc) is 2.77. The van der Waals surface area contributed by atoms with Gasteiger partial charge in [0.1, 0.15) is 5.92 Å². The number of methoxy groups -OCH3 is 1. The molecule has 1 aromatic heterocycles. The molecule has 0 N–H and O–H groups in total. The van der Waals surface area contributed by atoms with Gasteiger partial charge in [0.15, 0.2) is 5.78 Å². The number of allylic oxidation sites excluding steroid dienone is 1. The molecule has 0 aliphatic heterocycles. The van der Waals surface area contributed by atoms with E-state index in [1.54, 1.807) is 23.6 Å². The highest BCUT2D eigenvalue weighted by Gasteiger charge is 2.27. The van der Waals surface area contributed by atoms with Crippen LogP contribution in [0.5, 0.6) is 0 Å². The van der Waals surface area contributed by atoms with Crippen LogP contribution in [0.25, 0.3) is 0 Å². The van der Waals surface area contributed by atoms with Gasteiger partial charge in [0.25, 0.3) is 0 Å². The largest absolute Gasteiger partial charge is 0.468 e. The quantitative estimate of drug-likeness (QED) is 0.333. The topological polar surface area (TPSA) is 43.4 Å². The van der Waals surface area contributed by atoms with Crippen LogP contribution in [-0.4, -0.2) is 18.9 Å². The van der Waals surface area contributed by atoms with Crippen LogP contribution in [0, 0.1) is 5.92 Å². The third kappa shape index (κ3) is 2.76. The number of esters is 1. The predicted molar refractivity (Wildman–Crippen MR) is 59.0 cm³/mol. The first-order valence-electron chi connectivity index (χ1n) is 4.47. The molecule has 1 unspecified atom stereocenters. The molecule has 4 heteroatoms. The van der Waals surface area contributed by atoms with Crippen LogP contribution in [0.4, 0.5) is 0 Å². The first kappa shape index (κ1) is 11.7. The standard InChI is InChI=1S/C11H12O3S/c1-3-5-8(11(13)14-2)10(12)9-6-4-7-15-9/h3-4,6-8H,1,5H2,2H3. The number of carbonyl (C=O) groups is 2. The van der Waals surface area contributed by atoms with E-state index >= 15 is 0 Å². The van der Waals surface area contributed by atoms with Crippen LogP contribution in [0.15, 0.2) is 30.2 Å². The summed E-state index contributed by atoms with van der Waals surface area (Å²) >= 11 is 1.32. The molecule has 0 radical (unpaired) electrons. The van der Waals surface area contributed by atoms with E-state index in [-0.39, 0.29) is 5.78 Å². The van der Waals surface area contributed by atoms with Gasteiger partial charge in [-0.3, -0.25) is 9.59 Å². The Labute approximate surface area is 92.4 Å². The normalized spacial score (nSPS) is 11.8. The molecule has 3 nitrogen and oxygen atoms in total. The van der Waals surface area contributed by atoms with Crippen LogP contribution in [0.2, 0.25) is 0 Å². The molecule has 1 atom stereocenters. The van der Waals surface area contributed by atoms with Gasteiger partial charge in [0.2, 0.25) is 0 Å². The van der Waals surface area contributed by atoms with Crippen LogP contribution >= 0.6 is 11.3 Å². The molecule has 1 aromatic rings. The Balaban J connectivity index is 2.85. The van der Waals surface area contributed by atoms with Gasteiger partial charge < -0.3 is 4.74 Å². The SMILES string of the molecule is C=CCC(C(=O)OC)C(=O)c1cccs1. The molecule has 0 aliphatic carbocycles. The van der Waals surface area contributed by atoms with E-state index in [1.807, 2.05) is 0 Å². The molecule has 1 heterocycles. The highest BCUT2D eigenvalue weighted by molar-refractivity contribution is 7.12. The van der Waals surface area contributed by atoms with Crippen molar-refractivity contribution in [1.82, 2.24) is 0 Å². The van der Waals surface area contributed by atoms with Crippen LogP contribution in [0.3, 0.4) is 0 Å². The molecule has 0 spiro atoms. The summed E-state index contributed by atoms with van der Waals surface area (Å²) in [6.45, 7) is 3.52. The minimum absolute atomic E-state index is 0.197. The van der Waals surface area contributed by atoms with Crippen LogP contribution in [0.1, 0.15) is 16.1 Å². The summed E-state index contributed by atoms with van der Waals surface area (Å²) in [5.41, 5.74) is 0. The van der Waals surface area contributed by atoms with E-state index in [4.69, 9.17) is 0 Å². The second-order valence-corrected chi connectivity index (χ2v) is 3.89. The highest BCUT2D eigenvalue weighted by atomic mass is 32.1. The molecule has 15 heavy (non-hydrogen) atoms. The van der Waals surface area contributed by atoms with Crippen LogP contribution < -0.4 is 0 Å². The Bertz CT molecular complexity index is 354. The third-order valence-corrected chi connectivity index (χ3v) is 2.85. The lowest BCUT2D eigenvalue weighted by molar-refractivity contribution is -0.143. The Morgan fingerprint density at radius 1 is 1.67 bits per heavy atom. The lowest BCUT2D eigenvalue weighted by Gasteiger charge is -2.09. The maximum Gasteiger partial charge on any atom is 0.316 e. The van der Waals surface area contributed by atoms with Crippen molar-refractivity contribution in [2.45, 2.75) is 6.42 Å². The van der Waals surface area contributed by atoms with Gasteiger partial charge in [-0.2, -0.15) is 0 Å². The average molecular weight is 224 g/mol. The van der Waals surface area contributed by atoms with E-state index in [0.29, 0.717) is 11.3 Å². The number of ether oxygens (including phenoxy) is 1. The first-order valence-corrected chi connectivity index (χ1v) is 5.35. The summed E-state index contributed by atoms with van der Waals surface area (Å²) in [7, 11) is 1.28. The molecular weight excluding hydrogens is 212 g/mol. The first-order chi connectivity index (χ1) is 7.20. The second kappa shape index (κ2) is 5.46. The van der Waals surface area contributed by atoms with Gasteiger partial charge in [0, 0.05) is 0 Å². The van der Waals surface area contributed by atoms with Crippen molar-refractivity contribution in [3.8, 4) is 0 Å². The van der Waals surface area contributed by atoms with Crippen molar-refractivity contribution in [3.63, 3.8) is 0 Å². The molecule has 0 fully saturated rings. The van der Waals surface area contributed by atoms with E-state index in [9.17, 15) is 9.59 Å². The molecule has 0 saturated carbocycles. The maximum absolute atomic E-state index is 11.9. The Kier molecular flexibility index (Phi) is 4.24. The van der Waals surface area contributed by atoms with Crippen molar-refractivity contribution < 1.29 is 14.3 Å². The minimum atomic E-state index is -0.758. The smallest absolute Gasteiger partial charge is 0.316 e. The molecule has 0 amide bonds. The van der Waals surface area contributed by atoms with Crippen LogP contribution in [-0.2, 0) is 9.53 Å². The van der Waals surface area contributed by atoms with Crippen molar-refractivity contribution >= 4 is 23.1 Å². The third-order valence-electron chi connectivity index (χ3n) is 1.97. The second-order valence-electron chi connectivity index (χ2n) is 2.94. The summed E-state index contributed by atoms with van der Waals surface area (Å²) in [6, 6.07) is 3.48. The van der Waals surface area contributed by atoms with Gasteiger partial charge >= 0.3 is 5.97 Å². The lowest BCUT2D eigenvalue weighted by atomic mass is 9.99. The molecule has 80 valence electrons.